The number of carbonyl (C=O) groups excluding carboxylic acids is 1. The molecule has 0 aliphatic carbocycles. The van der Waals surface area contributed by atoms with Gasteiger partial charge in [0.1, 0.15) is 5.60 Å². The van der Waals surface area contributed by atoms with Gasteiger partial charge in [0, 0.05) is 0 Å². The van der Waals surface area contributed by atoms with Crippen LogP contribution in [-0.4, -0.2) is 22.6 Å². The highest BCUT2D eigenvalue weighted by Crippen LogP contribution is 2.27. The van der Waals surface area contributed by atoms with Crippen LogP contribution >= 0.6 is 0 Å². The average molecular weight is 230 g/mol. The van der Waals surface area contributed by atoms with Crippen molar-refractivity contribution < 1.29 is 19.4 Å². The molecular weight excluding hydrogens is 208 g/mol. The predicted octanol–water partition coefficient (Wildman–Crippen LogP) is 2.61. The van der Waals surface area contributed by atoms with Crippen LogP contribution in [-0.2, 0) is 14.3 Å². The predicted molar refractivity (Wildman–Crippen MR) is 61.1 cm³/mol. The molecule has 0 rings (SSSR count). The Morgan fingerprint density at radius 1 is 1.19 bits per heavy atom. The van der Waals surface area contributed by atoms with Gasteiger partial charge in [0.25, 0.3) is 0 Å². The number of hydrogen-bond donors (Lipinski definition) is 1. The van der Waals surface area contributed by atoms with E-state index in [0.29, 0.717) is 5.92 Å². The van der Waals surface area contributed by atoms with Crippen LogP contribution in [0.4, 0.5) is 0 Å². The lowest BCUT2D eigenvalue weighted by Gasteiger charge is -2.32. The highest BCUT2D eigenvalue weighted by molar-refractivity contribution is 5.76. The first-order valence-electron chi connectivity index (χ1n) is 5.77. The molecule has 0 aromatic rings. The minimum atomic E-state index is -0.975. The number of aliphatic carboxylic acids is 1. The van der Waals surface area contributed by atoms with Gasteiger partial charge in [-0.2, -0.15) is 0 Å². The Kier molecular flexibility index (Phi) is 6.08. The zero-order chi connectivity index (χ0) is 12.8. The number of carbonyl (C=O) groups is 2. The summed E-state index contributed by atoms with van der Waals surface area (Å²) in [7, 11) is 0. The van der Waals surface area contributed by atoms with Gasteiger partial charge < -0.3 is 9.84 Å². The smallest absolute Gasteiger partial charge is 0.306 e. The highest BCUT2D eigenvalue weighted by Gasteiger charge is 2.30. The van der Waals surface area contributed by atoms with Gasteiger partial charge in [-0.25, -0.2) is 0 Å². The van der Waals surface area contributed by atoms with Crippen LogP contribution < -0.4 is 0 Å². The second-order valence-corrected chi connectivity index (χ2v) is 4.48. The Morgan fingerprint density at radius 2 is 1.69 bits per heavy atom. The molecule has 0 bridgehead atoms. The summed E-state index contributed by atoms with van der Waals surface area (Å²) in [5.74, 6) is -1.10. The van der Waals surface area contributed by atoms with Crippen LogP contribution in [0.2, 0.25) is 0 Å². The largest absolute Gasteiger partial charge is 0.481 e. The third kappa shape index (κ3) is 5.14. The van der Waals surface area contributed by atoms with Gasteiger partial charge in [0.2, 0.25) is 0 Å². The first-order chi connectivity index (χ1) is 7.33. The lowest BCUT2D eigenvalue weighted by molar-refractivity contribution is -0.163. The molecule has 0 aromatic carbocycles. The maximum Gasteiger partial charge on any atom is 0.306 e. The molecule has 0 unspecified atom stereocenters. The molecule has 0 atom stereocenters. The molecule has 1 N–H and O–H groups in total. The molecule has 0 saturated heterocycles. The van der Waals surface area contributed by atoms with Crippen molar-refractivity contribution in [2.45, 2.75) is 59.0 Å². The molecule has 0 aliphatic heterocycles. The van der Waals surface area contributed by atoms with Crippen LogP contribution in [0.3, 0.4) is 0 Å². The first-order valence-corrected chi connectivity index (χ1v) is 5.77. The van der Waals surface area contributed by atoms with E-state index in [1.54, 1.807) is 0 Å². The van der Waals surface area contributed by atoms with Gasteiger partial charge in [0.15, 0.2) is 0 Å². The third-order valence-corrected chi connectivity index (χ3v) is 2.89. The summed E-state index contributed by atoms with van der Waals surface area (Å²) in [6.45, 7) is 7.87. The molecule has 94 valence electrons. The molecular formula is C12H22O4. The SMILES string of the molecule is CCC(CC)C(C)(C)OC(=O)CCC(=O)O. The Morgan fingerprint density at radius 3 is 2.06 bits per heavy atom. The van der Waals surface area contributed by atoms with Gasteiger partial charge in [-0.15, -0.1) is 0 Å². The molecule has 0 fully saturated rings. The number of rotatable bonds is 7. The van der Waals surface area contributed by atoms with Gasteiger partial charge in [-0.3, -0.25) is 9.59 Å². The number of hydrogen-bond acceptors (Lipinski definition) is 3. The Labute approximate surface area is 97.0 Å². The van der Waals surface area contributed by atoms with E-state index in [0.717, 1.165) is 12.8 Å². The van der Waals surface area contributed by atoms with E-state index in [2.05, 4.69) is 13.8 Å². The van der Waals surface area contributed by atoms with Gasteiger partial charge >= 0.3 is 11.9 Å². The summed E-state index contributed by atoms with van der Waals surface area (Å²) < 4.78 is 5.33. The number of ether oxygens (including phenoxy) is 1. The molecule has 4 heteroatoms. The molecule has 4 nitrogen and oxygen atoms in total. The number of carboxylic acids is 1. The Balaban J connectivity index is 4.23. The minimum absolute atomic E-state index is 0.0566. The summed E-state index contributed by atoms with van der Waals surface area (Å²) in [4.78, 5) is 21.7. The second-order valence-electron chi connectivity index (χ2n) is 4.48. The second kappa shape index (κ2) is 6.51. The maximum atomic E-state index is 11.4. The van der Waals surface area contributed by atoms with E-state index >= 15 is 0 Å². The van der Waals surface area contributed by atoms with Crippen LogP contribution in [0.5, 0.6) is 0 Å². The average Bonchev–Trinajstić information content (AvgIpc) is 2.15. The lowest BCUT2D eigenvalue weighted by atomic mass is 9.86. The van der Waals surface area contributed by atoms with Crippen molar-refractivity contribution in [3.8, 4) is 0 Å². The fourth-order valence-corrected chi connectivity index (χ4v) is 1.91. The molecule has 16 heavy (non-hydrogen) atoms. The van der Waals surface area contributed by atoms with Crippen molar-refractivity contribution in [3.63, 3.8) is 0 Å². The molecule has 0 saturated carbocycles. The van der Waals surface area contributed by atoms with Crippen LogP contribution in [0.1, 0.15) is 53.4 Å². The Bertz CT molecular complexity index is 241. The molecule has 0 amide bonds. The van der Waals surface area contributed by atoms with Crippen LogP contribution in [0.15, 0.2) is 0 Å². The van der Waals surface area contributed by atoms with E-state index < -0.39 is 17.5 Å². The highest BCUT2D eigenvalue weighted by atomic mass is 16.6. The first kappa shape index (κ1) is 14.9. The summed E-state index contributed by atoms with van der Waals surface area (Å²) in [6.07, 6.45) is 1.65. The van der Waals surface area contributed by atoms with Crippen molar-refractivity contribution >= 4 is 11.9 Å². The summed E-state index contributed by atoms with van der Waals surface area (Å²) in [5, 5.41) is 8.45. The monoisotopic (exact) mass is 230 g/mol. The zero-order valence-corrected chi connectivity index (χ0v) is 10.6. The molecule has 0 aromatic heterocycles. The standard InChI is InChI=1S/C12H22O4/c1-5-9(6-2)12(3,4)16-11(15)8-7-10(13)14/h9H,5-8H2,1-4H3,(H,13,14). The minimum Gasteiger partial charge on any atom is -0.481 e. The summed E-state index contributed by atoms with van der Waals surface area (Å²) in [6, 6.07) is 0. The lowest BCUT2D eigenvalue weighted by Crippen LogP contribution is -2.36. The Hall–Kier alpha value is -1.06. The third-order valence-electron chi connectivity index (χ3n) is 2.89. The van der Waals surface area contributed by atoms with Gasteiger partial charge in [-0.05, 0) is 32.6 Å². The van der Waals surface area contributed by atoms with Crippen molar-refractivity contribution in [1.29, 1.82) is 0 Å². The van der Waals surface area contributed by atoms with E-state index in [-0.39, 0.29) is 12.8 Å². The zero-order valence-electron chi connectivity index (χ0n) is 10.6. The molecule has 0 radical (unpaired) electrons. The fraction of sp³-hybridized carbons (Fsp3) is 0.833. The van der Waals surface area contributed by atoms with E-state index in [1.165, 1.54) is 0 Å². The van der Waals surface area contributed by atoms with Crippen molar-refractivity contribution in [2.24, 2.45) is 5.92 Å². The van der Waals surface area contributed by atoms with Crippen molar-refractivity contribution in [3.05, 3.63) is 0 Å². The van der Waals surface area contributed by atoms with E-state index in [4.69, 9.17) is 9.84 Å². The normalized spacial score (nSPS) is 11.6. The number of esters is 1. The van der Waals surface area contributed by atoms with Gasteiger partial charge in [-0.1, -0.05) is 13.8 Å². The van der Waals surface area contributed by atoms with Gasteiger partial charge in [0.05, 0.1) is 12.8 Å². The maximum absolute atomic E-state index is 11.4. The van der Waals surface area contributed by atoms with Crippen LogP contribution in [0, 0.1) is 5.92 Å². The summed E-state index contributed by atoms with van der Waals surface area (Å²) in [5.41, 5.74) is -0.515. The van der Waals surface area contributed by atoms with Crippen molar-refractivity contribution in [1.82, 2.24) is 0 Å². The van der Waals surface area contributed by atoms with E-state index in [9.17, 15) is 9.59 Å². The quantitative estimate of drug-likeness (QED) is 0.683. The fourth-order valence-electron chi connectivity index (χ4n) is 1.91. The molecule has 0 spiro atoms. The van der Waals surface area contributed by atoms with Crippen molar-refractivity contribution in [2.75, 3.05) is 0 Å². The molecule has 0 heterocycles. The van der Waals surface area contributed by atoms with E-state index in [1.807, 2.05) is 13.8 Å². The number of carboxylic acid groups (broad SMARTS) is 1. The summed E-state index contributed by atoms with van der Waals surface area (Å²) >= 11 is 0. The van der Waals surface area contributed by atoms with Crippen LogP contribution in [0.25, 0.3) is 0 Å². The topological polar surface area (TPSA) is 63.6 Å². The molecule has 0 aliphatic rings.